The molecule has 0 saturated carbocycles. The van der Waals surface area contributed by atoms with Crippen LogP contribution in [0.2, 0.25) is 0 Å². The Balaban J connectivity index is 1.90. The minimum absolute atomic E-state index is 0.267. The largest absolute Gasteiger partial charge is 0.382 e. The highest BCUT2D eigenvalue weighted by Crippen LogP contribution is 2.30. The molecule has 0 saturated heterocycles. The fourth-order valence-electron chi connectivity index (χ4n) is 2.90. The second kappa shape index (κ2) is 8.45. The molecular formula is C21H22N2O3. The third kappa shape index (κ3) is 3.83. The van der Waals surface area contributed by atoms with Crippen molar-refractivity contribution in [1.29, 1.82) is 0 Å². The fraction of sp³-hybridized carbons (Fsp3) is 0.238. The van der Waals surface area contributed by atoms with Gasteiger partial charge in [0.25, 0.3) is 11.8 Å². The molecule has 26 heavy (non-hydrogen) atoms. The maximum absolute atomic E-state index is 12.9. The highest BCUT2D eigenvalue weighted by molar-refractivity contribution is 6.36. The van der Waals surface area contributed by atoms with Gasteiger partial charge in [-0.3, -0.25) is 14.5 Å². The van der Waals surface area contributed by atoms with Gasteiger partial charge < -0.3 is 10.1 Å². The van der Waals surface area contributed by atoms with E-state index in [4.69, 9.17) is 4.74 Å². The van der Waals surface area contributed by atoms with E-state index in [0.717, 1.165) is 11.3 Å². The van der Waals surface area contributed by atoms with Crippen LogP contribution in [0.5, 0.6) is 0 Å². The first-order valence-corrected chi connectivity index (χ1v) is 8.78. The maximum Gasteiger partial charge on any atom is 0.278 e. The third-order valence-corrected chi connectivity index (χ3v) is 4.15. The number of rotatable bonds is 8. The van der Waals surface area contributed by atoms with Crippen LogP contribution in [0.25, 0.3) is 5.57 Å². The van der Waals surface area contributed by atoms with Crippen LogP contribution in [0, 0.1) is 0 Å². The Hall–Kier alpha value is -2.92. The van der Waals surface area contributed by atoms with Crippen molar-refractivity contribution in [3.63, 3.8) is 0 Å². The monoisotopic (exact) mass is 350 g/mol. The van der Waals surface area contributed by atoms with Gasteiger partial charge in [-0.15, -0.1) is 0 Å². The first-order chi connectivity index (χ1) is 12.7. The lowest BCUT2D eigenvalue weighted by Gasteiger charge is -2.15. The second-order valence-electron chi connectivity index (χ2n) is 5.92. The summed E-state index contributed by atoms with van der Waals surface area (Å²) < 4.78 is 5.32. The summed E-state index contributed by atoms with van der Waals surface area (Å²) in [6.45, 7) is 3.41. The van der Waals surface area contributed by atoms with Gasteiger partial charge in [0.2, 0.25) is 0 Å². The highest BCUT2D eigenvalue weighted by Gasteiger charge is 2.38. The molecule has 0 atom stereocenters. The lowest BCUT2D eigenvalue weighted by atomic mass is 10.0. The summed E-state index contributed by atoms with van der Waals surface area (Å²) in [5.74, 6) is -0.565. The number of ether oxygens (including phenoxy) is 1. The smallest absolute Gasteiger partial charge is 0.278 e. The number of nitrogens with zero attached hydrogens (tertiary/aromatic N) is 1. The average Bonchev–Trinajstić information content (AvgIpc) is 2.90. The van der Waals surface area contributed by atoms with Crippen molar-refractivity contribution in [2.45, 2.75) is 13.3 Å². The molecular weight excluding hydrogens is 328 g/mol. The van der Waals surface area contributed by atoms with Crippen LogP contribution >= 0.6 is 0 Å². The predicted molar refractivity (Wildman–Crippen MR) is 101 cm³/mol. The van der Waals surface area contributed by atoms with Crippen LogP contribution in [0.1, 0.15) is 18.9 Å². The van der Waals surface area contributed by atoms with Crippen LogP contribution in [0.3, 0.4) is 0 Å². The standard InChI is InChI=1S/C21H22N2O3/c1-2-26-15-9-14-23-20(24)18(16-10-5-3-6-11-16)19(21(23)25)22-17-12-7-4-8-13-17/h3-8,10-13,22H,2,9,14-15H2,1H3. The molecule has 1 aliphatic rings. The number of anilines is 1. The van der Waals surface area contributed by atoms with Crippen LogP contribution in [-0.2, 0) is 14.3 Å². The van der Waals surface area contributed by atoms with E-state index in [2.05, 4.69) is 5.32 Å². The molecule has 5 nitrogen and oxygen atoms in total. The molecule has 0 aliphatic carbocycles. The minimum Gasteiger partial charge on any atom is -0.382 e. The van der Waals surface area contributed by atoms with E-state index in [1.165, 1.54) is 4.90 Å². The quantitative estimate of drug-likeness (QED) is 0.586. The molecule has 1 N–H and O–H groups in total. The van der Waals surface area contributed by atoms with E-state index in [1.807, 2.05) is 67.6 Å². The third-order valence-electron chi connectivity index (χ3n) is 4.15. The zero-order chi connectivity index (χ0) is 18.4. The number of benzene rings is 2. The van der Waals surface area contributed by atoms with E-state index in [-0.39, 0.29) is 11.8 Å². The Morgan fingerprint density at radius 3 is 2.23 bits per heavy atom. The number of para-hydroxylation sites is 1. The summed E-state index contributed by atoms with van der Waals surface area (Å²) in [4.78, 5) is 27.2. The number of hydrogen-bond donors (Lipinski definition) is 1. The minimum atomic E-state index is -0.297. The molecule has 5 heteroatoms. The van der Waals surface area contributed by atoms with E-state index >= 15 is 0 Å². The molecule has 1 aliphatic heterocycles. The molecule has 0 radical (unpaired) electrons. The number of carbonyl (C=O) groups excluding carboxylic acids is 2. The van der Waals surface area contributed by atoms with Crippen molar-refractivity contribution in [2.75, 3.05) is 25.1 Å². The van der Waals surface area contributed by atoms with Gasteiger partial charge in [0.05, 0.1) is 5.57 Å². The first kappa shape index (κ1) is 17.9. The van der Waals surface area contributed by atoms with Crippen molar-refractivity contribution in [2.24, 2.45) is 0 Å². The molecule has 3 rings (SSSR count). The van der Waals surface area contributed by atoms with Crippen molar-refractivity contribution >= 4 is 23.1 Å². The molecule has 0 fully saturated rings. The second-order valence-corrected chi connectivity index (χ2v) is 5.92. The van der Waals surface area contributed by atoms with Gasteiger partial charge in [-0.1, -0.05) is 48.5 Å². The Morgan fingerprint density at radius 1 is 0.923 bits per heavy atom. The molecule has 0 aromatic heterocycles. The highest BCUT2D eigenvalue weighted by atomic mass is 16.5. The SMILES string of the molecule is CCOCCCN1C(=O)C(Nc2ccccc2)=C(c2ccccc2)C1=O. The van der Waals surface area contributed by atoms with Crippen molar-refractivity contribution in [3.05, 3.63) is 71.9 Å². The lowest BCUT2D eigenvalue weighted by molar-refractivity contribution is -0.137. The molecule has 0 bridgehead atoms. The number of nitrogens with one attached hydrogen (secondary N) is 1. The van der Waals surface area contributed by atoms with Crippen molar-refractivity contribution in [1.82, 2.24) is 4.90 Å². The van der Waals surface area contributed by atoms with Gasteiger partial charge in [-0.25, -0.2) is 0 Å². The molecule has 0 unspecified atom stereocenters. The molecule has 2 aromatic rings. The molecule has 0 spiro atoms. The van der Waals surface area contributed by atoms with Gasteiger partial charge >= 0.3 is 0 Å². The van der Waals surface area contributed by atoms with Crippen LogP contribution in [0.4, 0.5) is 5.69 Å². The lowest BCUT2D eigenvalue weighted by Crippen LogP contribution is -2.34. The van der Waals surface area contributed by atoms with E-state index in [1.54, 1.807) is 0 Å². The van der Waals surface area contributed by atoms with Crippen LogP contribution < -0.4 is 5.32 Å². The molecule has 134 valence electrons. The molecule has 2 amide bonds. The van der Waals surface area contributed by atoms with E-state index < -0.39 is 0 Å². The maximum atomic E-state index is 12.9. The summed E-state index contributed by atoms with van der Waals surface area (Å²) in [6.07, 6.45) is 0.617. The van der Waals surface area contributed by atoms with Gasteiger partial charge in [-0.2, -0.15) is 0 Å². The summed E-state index contributed by atoms with van der Waals surface area (Å²) in [5.41, 5.74) is 2.24. The zero-order valence-electron chi connectivity index (χ0n) is 14.8. The number of amides is 2. The Morgan fingerprint density at radius 2 is 1.58 bits per heavy atom. The number of imide groups is 1. The van der Waals surface area contributed by atoms with Gasteiger partial charge in [0.1, 0.15) is 5.70 Å². The van der Waals surface area contributed by atoms with Crippen molar-refractivity contribution in [3.8, 4) is 0 Å². The summed E-state index contributed by atoms with van der Waals surface area (Å²) in [7, 11) is 0. The van der Waals surface area contributed by atoms with E-state index in [9.17, 15) is 9.59 Å². The number of hydrogen-bond acceptors (Lipinski definition) is 4. The Kier molecular flexibility index (Phi) is 5.81. The van der Waals surface area contributed by atoms with Gasteiger partial charge in [0.15, 0.2) is 0 Å². The fourth-order valence-corrected chi connectivity index (χ4v) is 2.90. The Bertz CT molecular complexity index is 801. The van der Waals surface area contributed by atoms with Gasteiger partial charge in [-0.05, 0) is 31.0 Å². The number of carbonyl (C=O) groups is 2. The predicted octanol–water partition coefficient (Wildman–Crippen LogP) is 3.31. The zero-order valence-corrected chi connectivity index (χ0v) is 14.8. The first-order valence-electron chi connectivity index (χ1n) is 8.78. The summed E-state index contributed by atoms with van der Waals surface area (Å²) in [5, 5.41) is 3.14. The summed E-state index contributed by atoms with van der Waals surface area (Å²) in [6, 6.07) is 18.7. The summed E-state index contributed by atoms with van der Waals surface area (Å²) >= 11 is 0. The Labute approximate surface area is 153 Å². The molecule has 1 heterocycles. The van der Waals surface area contributed by atoms with Crippen molar-refractivity contribution < 1.29 is 14.3 Å². The topological polar surface area (TPSA) is 58.6 Å². The van der Waals surface area contributed by atoms with E-state index in [0.29, 0.717) is 37.4 Å². The van der Waals surface area contributed by atoms with Crippen LogP contribution in [0.15, 0.2) is 66.4 Å². The van der Waals surface area contributed by atoms with Crippen LogP contribution in [-0.4, -0.2) is 36.5 Å². The van der Waals surface area contributed by atoms with Gasteiger partial charge in [0, 0.05) is 25.4 Å². The average molecular weight is 350 g/mol. The normalized spacial score (nSPS) is 14.3. The molecule has 2 aromatic carbocycles.